The molecule has 0 bridgehead atoms. The zero-order valence-electron chi connectivity index (χ0n) is 12.6. The Morgan fingerprint density at radius 3 is 2.76 bits per heavy atom. The van der Waals surface area contributed by atoms with Gasteiger partial charge in [-0.3, -0.25) is 9.59 Å². The van der Waals surface area contributed by atoms with Crippen LogP contribution in [-0.2, 0) is 9.59 Å². The van der Waals surface area contributed by atoms with Gasteiger partial charge in [0.2, 0.25) is 11.8 Å². The number of amides is 2. The van der Waals surface area contributed by atoms with Crippen LogP contribution in [-0.4, -0.2) is 43.5 Å². The number of nitrogens with two attached hydrogens (primary N) is 1. The van der Waals surface area contributed by atoms with Gasteiger partial charge < -0.3 is 20.7 Å². The molecule has 21 heavy (non-hydrogen) atoms. The Bertz CT molecular complexity index is 477. The topological polar surface area (TPSA) is 84.7 Å². The molecule has 0 aliphatic rings. The number of hydrogen-bond donors (Lipinski definition) is 2. The molecule has 0 aromatic heterocycles. The molecule has 6 nitrogen and oxygen atoms in total. The Hall–Kier alpha value is -2.08. The van der Waals surface area contributed by atoms with Crippen molar-refractivity contribution in [3.8, 4) is 5.75 Å². The first-order valence-electron chi connectivity index (χ1n) is 7.02. The average Bonchev–Trinajstić information content (AvgIpc) is 2.50. The van der Waals surface area contributed by atoms with Crippen LogP contribution in [0.2, 0.25) is 0 Å². The van der Waals surface area contributed by atoms with Crippen LogP contribution >= 0.6 is 0 Å². The Labute approximate surface area is 125 Å². The van der Waals surface area contributed by atoms with E-state index in [1.165, 1.54) is 4.90 Å². The monoisotopic (exact) mass is 293 g/mol. The van der Waals surface area contributed by atoms with Crippen LogP contribution in [0.1, 0.15) is 19.8 Å². The average molecular weight is 293 g/mol. The highest BCUT2D eigenvalue weighted by atomic mass is 16.5. The maximum Gasteiger partial charge on any atom is 0.243 e. The number of methoxy groups -OCH3 is 1. The van der Waals surface area contributed by atoms with Crippen LogP contribution in [0.4, 0.5) is 5.69 Å². The van der Waals surface area contributed by atoms with Gasteiger partial charge in [0, 0.05) is 24.7 Å². The lowest BCUT2D eigenvalue weighted by Gasteiger charge is -2.20. The summed E-state index contributed by atoms with van der Waals surface area (Å²) in [5.41, 5.74) is 6.03. The third-order valence-electron chi connectivity index (χ3n) is 3.02. The molecule has 1 aromatic rings. The molecule has 116 valence electrons. The summed E-state index contributed by atoms with van der Waals surface area (Å²) in [7, 11) is 1.57. The lowest BCUT2D eigenvalue weighted by Crippen LogP contribution is -2.37. The maximum atomic E-state index is 12.0. The predicted octanol–water partition coefficient (Wildman–Crippen LogP) is 1.22. The zero-order valence-corrected chi connectivity index (χ0v) is 12.6. The molecular weight excluding hydrogens is 270 g/mol. The predicted molar refractivity (Wildman–Crippen MR) is 82.2 cm³/mol. The van der Waals surface area contributed by atoms with Crippen molar-refractivity contribution in [2.75, 3.05) is 32.1 Å². The van der Waals surface area contributed by atoms with Crippen molar-refractivity contribution in [2.24, 2.45) is 5.73 Å². The van der Waals surface area contributed by atoms with Crippen molar-refractivity contribution in [3.63, 3.8) is 0 Å². The van der Waals surface area contributed by atoms with Crippen LogP contribution < -0.4 is 15.8 Å². The number of rotatable bonds is 8. The fourth-order valence-corrected chi connectivity index (χ4v) is 1.86. The highest BCUT2D eigenvalue weighted by Crippen LogP contribution is 2.16. The molecule has 6 heteroatoms. The summed E-state index contributed by atoms with van der Waals surface area (Å²) in [5.74, 6) is 0.383. The van der Waals surface area contributed by atoms with Gasteiger partial charge in [0.1, 0.15) is 5.75 Å². The second-order valence-corrected chi connectivity index (χ2v) is 4.58. The maximum absolute atomic E-state index is 12.0. The number of hydrogen-bond acceptors (Lipinski definition) is 4. The van der Waals surface area contributed by atoms with E-state index in [2.05, 4.69) is 5.32 Å². The summed E-state index contributed by atoms with van der Waals surface area (Å²) in [6.45, 7) is 2.85. The molecule has 0 aliphatic carbocycles. The summed E-state index contributed by atoms with van der Waals surface area (Å²) in [5, 5.41) is 2.75. The summed E-state index contributed by atoms with van der Waals surface area (Å²) in [6, 6.07) is 7.08. The van der Waals surface area contributed by atoms with Crippen LogP contribution in [0, 0.1) is 0 Å². The first-order valence-corrected chi connectivity index (χ1v) is 7.02. The second kappa shape index (κ2) is 8.97. The minimum atomic E-state index is -0.230. The number of carbonyl (C=O) groups excluding carboxylic acids is 2. The summed E-state index contributed by atoms with van der Waals surface area (Å²) in [6.07, 6.45) is 1.00. The number of anilines is 1. The molecule has 0 saturated heterocycles. The van der Waals surface area contributed by atoms with E-state index < -0.39 is 0 Å². The Morgan fingerprint density at radius 1 is 1.38 bits per heavy atom. The summed E-state index contributed by atoms with van der Waals surface area (Å²) in [4.78, 5) is 25.4. The van der Waals surface area contributed by atoms with Crippen LogP contribution in [0.15, 0.2) is 24.3 Å². The second-order valence-electron chi connectivity index (χ2n) is 4.58. The number of nitrogens with zero attached hydrogens (tertiary/aromatic N) is 1. The highest BCUT2D eigenvalue weighted by Gasteiger charge is 2.15. The molecule has 0 aliphatic heterocycles. The van der Waals surface area contributed by atoms with E-state index in [9.17, 15) is 9.59 Å². The smallest absolute Gasteiger partial charge is 0.243 e. The van der Waals surface area contributed by atoms with Crippen molar-refractivity contribution >= 4 is 17.5 Å². The summed E-state index contributed by atoms with van der Waals surface area (Å²) < 4.78 is 5.09. The molecule has 1 rings (SSSR count). The molecule has 0 atom stereocenters. The van der Waals surface area contributed by atoms with E-state index in [4.69, 9.17) is 10.5 Å². The van der Waals surface area contributed by atoms with Gasteiger partial charge in [-0.15, -0.1) is 0 Å². The third kappa shape index (κ3) is 5.83. The number of likely N-dealkylation sites (N-methyl/N-ethyl adjacent to an activating group) is 1. The molecule has 0 unspecified atom stereocenters. The third-order valence-corrected chi connectivity index (χ3v) is 3.02. The van der Waals surface area contributed by atoms with Gasteiger partial charge in [0.25, 0.3) is 0 Å². The van der Waals surface area contributed by atoms with E-state index in [1.54, 1.807) is 31.4 Å². The minimum absolute atomic E-state index is 0.0388. The molecule has 3 N–H and O–H groups in total. The van der Waals surface area contributed by atoms with E-state index in [-0.39, 0.29) is 18.4 Å². The first kappa shape index (κ1) is 17.0. The number of carbonyl (C=O) groups is 2. The first-order chi connectivity index (χ1) is 10.1. The number of benzene rings is 1. The molecule has 0 saturated carbocycles. The van der Waals surface area contributed by atoms with Crippen LogP contribution in [0.3, 0.4) is 0 Å². The number of ether oxygens (including phenoxy) is 1. The molecular formula is C15H23N3O3. The van der Waals surface area contributed by atoms with Gasteiger partial charge in [-0.25, -0.2) is 0 Å². The molecule has 2 amide bonds. The molecule has 0 radical (unpaired) electrons. The number of nitrogens with one attached hydrogen (secondary N) is 1. The van der Waals surface area contributed by atoms with Crippen molar-refractivity contribution in [1.29, 1.82) is 0 Å². The van der Waals surface area contributed by atoms with E-state index in [1.807, 2.05) is 6.92 Å². The molecule has 0 spiro atoms. The normalized spacial score (nSPS) is 10.0. The lowest BCUT2D eigenvalue weighted by molar-refractivity contribution is -0.134. The SMILES string of the molecule is CCN(CC(=O)Nc1cccc(OC)c1)C(=O)CCCN. The molecule has 0 heterocycles. The standard InChI is InChI=1S/C15H23N3O3/c1-3-18(15(20)8-5-9-16)11-14(19)17-12-6-4-7-13(10-12)21-2/h4,6-7,10H,3,5,8-9,11,16H2,1-2H3,(H,17,19). The molecule has 0 fully saturated rings. The highest BCUT2D eigenvalue weighted by molar-refractivity contribution is 5.94. The quantitative estimate of drug-likeness (QED) is 0.755. The van der Waals surface area contributed by atoms with Gasteiger partial charge in [0.15, 0.2) is 0 Å². The largest absolute Gasteiger partial charge is 0.497 e. The van der Waals surface area contributed by atoms with E-state index in [0.29, 0.717) is 37.4 Å². The zero-order chi connectivity index (χ0) is 15.7. The Morgan fingerprint density at radius 2 is 2.14 bits per heavy atom. The van der Waals surface area contributed by atoms with Gasteiger partial charge in [-0.1, -0.05) is 6.07 Å². The van der Waals surface area contributed by atoms with Crippen LogP contribution in [0.25, 0.3) is 0 Å². The van der Waals surface area contributed by atoms with E-state index in [0.717, 1.165) is 0 Å². The fourth-order valence-electron chi connectivity index (χ4n) is 1.86. The van der Waals surface area contributed by atoms with E-state index >= 15 is 0 Å². The Kier molecular flexibility index (Phi) is 7.25. The van der Waals surface area contributed by atoms with Gasteiger partial charge in [-0.05, 0) is 32.0 Å². The lowest BCUT2D eigenvalue weighted by atomic mass is 10.2. The van der Waals surface area contributed by atoms with Crippen LogP contribution in [0.5, 0.6) is 5.75 Å². The summed E-state index contributed by atoms with van der Waals surface area (Å²) >= 11 is 0. The fraction of sp³-hybridized carbons (Fsp3) is 0.467. The van der Waals surface area contributed by atoms with Gasteiger partial charge in [0.05, 0.1) is 13.7 Å². The Balaban J connectivity index is 2.56. The van der Waals surface area contributed by atoms with Crippen molar-refractivity contribution in [1.82, 2.24) is 4.90 Å². The van der Waals surface area contributed by atoms with Gasteiger partial charge >= 0.3 is 0 Å². The molecule has 1 aromatic carbocycles. The van der Waals surface area contributed by atoms with Crippen molar-refractivity contribution in [3.05, 3.63) is 24.3 Å². The minimum Gasteiger partial charge on any atom is -0.497 e. The van der Waals surface area contributed by atoms with Crippen molar-refractivity contribution in [2.45, 2.75) is 19.8 Å². The van der Waals surface area contributed by atoms with Crippen molar-refractivity contribution < 1.29 is 14.3 Å². The van der Waals surface area contributed by atoms with Gasteiger partial charge in [-0.2, -0.15) is 0 Å².